The molecule has 3 nitrogen and oxygen atoms in total. The molecule has 0 unspecified atom stereocenters. The van der Waals surface area contributed by atoms with Gasteiger partial charge in [0, 0.05) is 0 Å². The van der Waals surface area contributed by atoms with Crippen LogP contribution < -0.4 is 0 Å². The minimum absolute atomic E-state index is 0. The second kappa shape index (κ2) is 64.2. The van der Waals surface area contributed by atoms with Crippen molar-refractivity contribution in [2.24, 2.45) is 0 Å². The summed E-state index contributed by atoms with van der Waals surface area (Å²) in [4.78, 5) is 0. The van der Waals surface area contributed by atoms with Gasteiger partial charge in [-0.05, 0) is 0 Å². The van der Waals surface area contributed by atoms with Crippen LogP contribution in [0.3, 0.4) is 0 Å². The quantitative estimate of drug-likeness (QED) is 0.547. The van der Waals surface area contributed by atoms with Gasteiger partial charge in [-0.2, -0.15) is 0 Å². The summed E-state index contributed by atoms with van der Waals surface area (Å²) in [7, 11) is 0. The normalized spacial score (nSPS) is 0. The fourth-order valence-corrected chi connectivity index (χ4v) is 0. The van der Waals surface area contributed by atoms with Gasteiger partial charge in [0.2, 0.25) is 0 Å². The number of hydrogen-bond acceptors (Lipinski definition) is 0. The van der Waals surface area contributed by atoms with E-state index in [-0.39, 0.29) is 57.0 Å². The molecule has 0 spiro atoms. The molecule has 0 saturated carbocycles. The molecule has 30 valence electrons. The summed E-state index contributed by atoms with van der Waals surface area (Å²) in [6, 6.07) is 0. The maximum Gasteiger partial charge on any atom is 4.00 e. The zero-order chi connectivity index (χ0) is 0. The summed E-state index contributed by atoms with van der Waals surface area (Å²) < 4.78 is 0. The topological polar surface area (TPSA) is 85.5 Å². The van der Waals surface area contributed by atoms with E-state index in [4.69, 9.17) is 0 Å². The standard InChI is InChI=1S/3O.Pt.Zn/q3*-2;+4;+2. The molecular weight excluding hydrogens is 308 g/mol. The van der Waals surface area contributed by atoms with E-state index in [0.717, 1.165) is 0 Å². The van der Waals surface area contributed by atoms with Crippen molar-refractivity contribution >= 4 is 0 Å². The minimum Gasteiger partial charge on any atom is -2.00 e. The van der Waals surface area contributed by atoms with Crippen molar-refractivity contribution in [1.82, 2.24) is 0 Å². The predicted octanol–water partition coefficient (Wildman–Crippen LogP) is -0.361. The minimum atomic E-state index is 0. The van der Waals surface area contributed by atoms with Gasteiger partial charge in [0.05, 0.1) is 0 Å². The average Bonchev–Trinajstić information content (AvgIpc) is 0. The van der Waals surface area contributed by atoms with Crippen LogP contribution in [-0.2, 0) is 57.0 Å². The van der Waals surface area contributed by atoms with Crippen LogP contribution in [0.5, 0.6) is 0 Å². The summed E-state index contributed by atoms with van der Waals surface area (Å²) in [5.41, 5.74) is 0. The largest absolute Gasteiger partial charge is 4.00 e. The molecule has 0 N–H and O–H groups in total. The molecular formula is O3PtZn. The maximum atomic E-state index is 0. The van der Waals surface area contributed by atoms with Gasteiger partial charge in [-0.3, -0.25) is 0 Å². The molecule has 0 aromatic rings. The fraction of sp³-hybridized carbons (Fsp3) is 0. The SMILES string of the molecule is [O-2].[O-2].[O-2].[Pt+4].[Zn+2]. The number of rotatable bonds is 0. The fourth-order valence-electron chi connectivity index (χ4n) is 0. The van der Waals surface area contributed by atoms with E-state index in [1.54, 1.807) is 0 Å². The summed E-state index contributed by atoms with van der Waals surface area (Å²) in [6.45, 7) is 0. The molecule has 5 heavy (non-hydrogen) atoms. The Balaban J connectivity index is 0. The Kier molecular flexibility index (Phi) is 1510. The zero-order valence-corrected chi connectivity index (χ0v) is 7.49. The first kappa shape index (κ1) is 118. The van der Waals surface area contributed by atoms with Crippen LogP contribution in [0.1, 0.15) is 0 Å². The van der Waals surface area contributed by atoms with Crippen molar-refractivity contribution in [2.45, 2.75) is 0 Å². The third-order valence-corrected chi connectivity index (χ3v) is 0. The van der Waals surface area contributed by atoms with E-state index in [1.807, 2.05) is 0 Å². The Bertz CT molecular complexity index is 6.85. The van der Waals surface area contributed by atoms with Crippen molar-refractivity contribution in [3.05, 3.63) is 0 Å². The predicted molar refractivity (Wildman–Crippen MR) is 2.06 cm³/mol. The summed E-state index contributed by atoms with van der Waals surface area (Å²) >= 11 is 0. The third-order valence-electron chi connectivity index (χ3n) is 0. The number of hydrogen-bond donors (Lipinski definition) is 0. The monoisotopic (exact) mass is 307 g/mol. The van der Waals surface area contributed by atoms with Crippen LogP contribution >= 0.6 is 0 Å². The molecule has 0 radical (unpaired) electrons. The molecule has 0 amide bonds. The second-order valence-electron chi connectivity index (χ2n) is 0. The van der Waals surface area contributed by atoms with Gasteiger partial charge >= 0.3 is 40.5 Å². The molecule has 0 atom stereocenters. The van der Waals surface area contributed by atoms with Gasteiger partial charge in [0.25, 0.3) is 0 Å². The van der Waals surface area contributed by atoms with Crippen molar-refractivity contribution in [1.29, 1.82) is 0 Å². The Morgan fingerprint density at radius 1 is 0.600 bits per heavy atom. The van der Waals surface area contributed by atoms with Crippen LogP contribution in [-0.4, -0.2) is 0 Å². The van der Waals surface area contributed by atoms with E-state index in [9.17, 15) is 0 Å². The summed E-state index contributed by atoms with van der Waals surface area (Å²) in [5, 5.41) is 0. The van der Waals surface area contributed by atoms with Gasteiger partial charge in [-0.25, -0.2) is 0 Å². The maximum absolute atomic E-state index is 0. The molecule has 0 rings (SSSR count). The van der Waals surface area contributed by atoms with Crippen LogP contribution in [0.15, 0.2) is 0 Å². The van der Waals surface area contributed by atoms with Crippen molar-refractivity contribution in [3.63, 3.8) is 0 Å². The Labute approximate surface area is 57.1 Å². The van der Waals surface area contributed by atoms with Gasteiger partial charge in [-0.15, -0.1) is 0 Å². The van der Waals surface area contributed by atoms with Crippen LogP contribution in [0.4, 0.5) is 0 Å². The van der Waals surface area contributed by atoms with Crippen LogP contribution in [0.25, 0.3) is 0 Å². The van der Waals surface area contributed by atoms with Gasteiger partial charge in [0.1, 0.15) is 0 Å². The zero-order valence-electron chi connectivity index (χ0n) is 2.25. The average molecular weight is 308 g/mol. The summed E-state index contributed by atoms with van der Waals surface area (Å²) in [5.74, 6) is 0. The molecule has 0 aromatic carbocycles. The van der Waals surface area contributed by atoms with E-state index in [2.05, 4.69) is 0 Å². The van der Waals surface area contributed by atoms with Crippen LogP contribution in [0, 0.1) is 0 Å². The van der Waals surface area contributed by atoms with Gasteiger partial charge in [-0.1, -0.05) is 0 Å². The van der Waals surface area contributed by atoms with Gasteiger partial charge < -0.3 is 16.4 Å². The summed E-state index contributed by atoms with van der Waals surface area (Å²) in [6.07, 6.45) is 0. The van der Waals surface area contributed by atoms with E-state index < -0.39 is 0 Å². The molecule has 5 heteroatoms. The van der Waals surface area contributed by atoms with Crippen molar-refractivity contribution in [2.75, 3.05) is 0 Å². The molecule has 0 saturated heterocycles. The van der Waals surface area contributed by atoms with E-state index >= 15 is 0 Å². The molecule has 0 aromatic heterocycles. The van der Waals surface area contributed by atoms with E-state index in [1.165, 1.54) is 0 Å². The molecule has 0 aliphatic heterocycles. The van der Waals surface area contributed by atoms with Crippen molar-refractivity contribution < 1.29 is 57.0 Å². The Morgan fingerprint density at radius 3 is 0.600 bits per heavy atom. The molecule has 0 aliphatic carbocycles. The molecule has 0 aliphatic rings. The first-order valence-corrected chi connectivity index (χ1v) is 0. The Hall–Kier alpha value is 1.19. The Morgan fingerprint density at radius 2 is 0.600 bits per heavy atom. The third kappa shape index (κ3) is 37.2. The van der Waals surface area contributed by atoms with E-state index in [0.29, 0.717) is 0 Å². The van der Waals surface area contributed by atoms with Crippen LogP contribution in [0.2, 0.25) is 0 Å². The molecule has 0 bridgehead atoms. The first-order valence-electron chi connectivity index (χ1n) is 0. The smallest absolute Gasteiger partial charge is 2.00 e. The second-order valence-corrected chi connectivity index (χ2v) is 0. The molecule has 0 heterocycles. The van der Waals surface area contributed by atoms with Crippen molar-refractivity contribution in [3.8, 4) is 0 Å². The van der Waals surface area contributed by atoms with Gasteiger partial charge in [0.15, 0.2) is 0 Å². The first-order chi connectivity index (χ1) is 0. The molecule has 0 fully saturated rings.